The Hall–Kier alpha value is -1.46. The van der Waals surface area contributed by atoms with Gasteiger partial charge in [0.2, 0.25) is 0 Å². The van der Waals surface area contributed by atoms with E-state index in [9.17, 15) is 4.39 Å². The topological polar surface area (TPSA) is 39.1 Å². The van der Waals surface area contributed by atoms with Gasteiger partial charge in [-0.05, 0) is 31.4 Å². The van der Waals surface area contributed by atoms with Crippen molar-refractivity contribution in [2.24, 2.45) is 0 Å². The van der Waals surface area contributed by atoms with E-state index >= 15 is 0 Å². The van der Waals surface area contributed by atoms with Crippen molar-refractivity contribution in [2.75, 3.05) is 13.7 Å². The van der Waals surface area contributed by atoms with Gasteiger partial charge in [-0.25, -0.2) is 9.37 Å². The Morgan fingerprint density at radius 2 is 2.25 bits per heavy atom. The number of rotatable bonds is 3. The molecule has 4 rings (SSSR count). The zero-order valence-corrected chi connectivity index (χ0v) is 11.5. The Balaban J connectivity index is 1.80. The summed E-state index contributed by atoms with van der Waals surface area (Å²) in [6.45, 7) is 0.851. The predicted octanol–water partition coefficient (Wildman–Crippen LogP) is 2.56. The Morgan fingerprint density at radius 1 is 1.40 bits per heavy atom. The number of hydrogen-bond acceptors (Lipinski definition) is 3. The standard InChI is InChI=1S/C15H18FN3O/c1-20-11-7-13(17-8-11)15-18-12-6-9(16)2-5-14(12)19(15)10-3-4-10/h2,5-6,10-11,13,17H,3-4,7-8H2,1H3. The maximum absolute atomic E-state index is 13.4. The third-order valence-corrected chi connectivity index (χ3v) is 4.33. The molecule has 2 aliphatic rings. The van der Waals surface area contributed by atoms with Gasteiger partial charge in [-0.15, -0.1) is 0 Å². The fourth-order valence-corrected chi connectivity index (χ4v) is 3.13. The quantitative estimate of drug-likeness (QED) is 0.935. The fraction of sp³-hybridized carbons (Fsp3) is 0.533. The van der Waals surface area contributed by atoms with E-state index in [2.05, 4.69) is 9.88 Å². The molecule has 0 amide bonds. The number of nitrogens with one attached hydrogen (secondary N) is 1. The van der Waals surface area contributed by atoms with Gasteiger partial charge in [-0.1, -0.05) is 0 Å². The first-order valence-corrected chi connectivity index (χ1v) is 7.20. The Kier molecular flexibility index (Phi) is 2.79. The summed E-state index contributed by atoms with van der Waals surface area (Å²) in [6, 6.07) is 5.63. The molecule has 2 unspecified atom stereocenters. The van der Waals surface area contributed by atoms with E-state index in [4.69, 9.17) is 9.72 Å². The average Bonchev–Trinajstić information content (AvgIpc) is 3.04. The largest absolute Gasteiger partial charge is 0.380 e. The second-order valence-corrected chi connectivity index (χ2v) is 5.76. The monoisotopic (exact) mass is 275 g/mol. The van der Waals surface area contributed by atoms with Crippen LogP contribution in [0.25, 0.3) is 11.0 Å². The number of hydrogen-bond donors (Lipinski definition) is 1. The van der Waals surface area contributed by atoms with Gasteiger partial charge in [-0.2, -0.15) is 0 Å². The van der Waals surface area contributed by atoms with Crippen LogP contribution in [0.1, 0.15) is 37.2 Å². The van der Waals surface area contributed by atoms with Crippen molar-refractivity contribution in [3.63, 3.8) is 0 Å². The molecule has 106 valence electrons. The van der Waals surface area contributed by atoms with Crippen molar-refractivity contribution in [1.82, 2.24) is 14.9 Å². The summed E-state index contributed by atoms with van der Waals surface area (Å²) in [7, 11) is 1.74. The minimum Gasteiger partial charge on any atom is -0.380 e. The lowest BCUT2D eigenvalue weighted by Crippen LogP contribution is -2.18. The van der Waals surface area contributed by atoms with E-state index in [-0.39, 0.29) is 18.0 Å². The van der Waals surface area contributed by atoms with Crippen LogP contribution >= 0.6 is 0 Å². The Bertz CT molecular complexity index is 650. The second-order valence-electron chi connectivity index (χ2n) is 5.76. The van der Waals surface area contributed by atoms with Crippen LogP contribution in [-0.2, 0) is 4.74 Å². The average molecular weight is 275 g/mol. The summed E-state index contributed by atoms with van der Waals surface area (Å²) in [4.78, 5) is 4.69. The van der Waals surface area contributed by atoms with Crippen LogP contribution in [0, 0.1) is 5.82 Å². The minimum absolute atomic E-state index is 0.205. The summed E-state index contributed by atoms with van der Waals surface area (Å²) in [5, 5.41) is 3.47. The number of benzene rings is 1. The first-order chi connectivity index (χ1) is 9.76. The van der Waals surface area contributed by atoms with Crippen molar-refractivity contribution < 1.29 is 9.13 Å². The molecule has 2 fully saturated rings. The molecule has 2 heterocycles. The number of imidazole rings is 1. The smallest absolute Gasteiger partial charge is 0.127 e. The van der Waals surface area contributed by atoms with Gasteiger partial charge in [0.15, 0.2) is 0 Å². The summed E-state index contributed by atoms with van der Waals surface area (Å²) < 4.78 is 21.1. The number of halogens is 1. The van der Waals surface area contributed by atoms with E-state index in [1.165, 1.54) is 25.0 Å². The van der Waals surface area contributed by atoms with Crippen molar-refractivity contribution in [1.29, 1.82) is 0 Å². The molecule has 1 saturated heterocycles. The molecule has 1 N–H and O–H groups in total. The molecule has 1 aromatic carbocycles. The van der Waals surface area contributed by atoms with Crippen LogP contribution in [0.2, 0.25) is 0 Å². The van der Waals surface area contributed by atoms with Crippen molar-refractivity contribution in [3.8, 4) is 0 Å². The highest BCUT2D eigenvalue weighted by Crippen LogP contribution is 2.41. The van der Waals surface area contributed by atoms with E-state index in [0.29, 0.717) is 6.04 Å². The highest BCUT2D eigenvalue weighted by molar-refractivity contribution is 5.76. The number of aromatic nitrogens is 2. The Labute approximate surface area is 116 Å². The molecule has 0 bridgehead atoms. The summed E-state index contributed by atoms with van der Waals surface area (Å²) in [5.74, 6) is 0.811. The summed E-state index contributed by atoms with van der Waals surface area (Å²) in [5.41, 5.74) is 1.81. The molecular weight excluding hydrogens is 257 g/mol. The number of nitrogens with zero attached hydrogens (tertiary/aromatic N) is 2. The van der Waals surface area contributed by atoms with Crippen LogP contribution in [0.15, 0.2) is 18.2 Å². The van der Waals surface area contributed by atoms with Gasteiger partial charge < -0.3 is 14.6 Å². The molecule has 0 spiro atoms. The number of methoxy groups -OCH3 is 1. The maximum atomic E-state index is 13.4. The van der Waals surface area contributed by atoms with Gasteiger partial charge in [0.05, 0.1) is 23.2 Å². The van der Waals surface area contributed by atoms with Crippen LogP contribution in [0.5, 0.6) is 0 Å². The number of ether oxygens (including phenoxy) is 1. The third kappa shape index (κ3) is 1.93. The van der Waals surface area contributed by atoms with E-state index in [0.717, 1.165) is 29.8 Å². The van der Waals surface area contributed by atoms with Crippen LogP contribution in [-0.4, -0.2) is 29.3 Å². The molecule has 1 aliphatic carbocycles. The van der Waals surface area contributed by atoms with Crippen molar-refractivity contribution in [2.45, 2.75) is 37.5 Å². The van der Waals surface area contributed by atoms with Gasteiger partial charge in [0.1, 0.15) is 11.6 Å². The normalized spacial score (nSPS) is 26.5. The summed E-state index contributed by atoms with van der Waals surface area (Å²) >= 11 is 0. The van der Waals surface area contributed by atoms with Crippen LogP contribution in [0.3, 0.4) is 0 Å². The molecule has 4 nitrogen and oxygen atoms in total. The van der Waals surface area contributed by atoms with Crippen LogP contribution in [0.4, 0.5) is 4.39 Å². The molecule has 1 aromatic heterocycles. The van der Waals surface area contributed by atoms with Gasteiger partial charge in [-0.3, -0.25) is 0 Å². The van der Waals surface area contributed by atoms with E-state index in [1.807, 2.05) is 6.07 Å². The first-order valence-electron chi connectivity index (χ1n) is 7.20. The Morgan fingerprint density at radius 3 is 2.95 bits per heavy atom. The summed E-state index contributed by atoms with van der Waals surface area (Å²) in [6.07, 6.45) is 3.55. The van der Waals surface area contributed by atoms with Crippen LogP contribution < -0.4 is 5.32 Å². The van der Waals surface area contributed by atoms with E-state index < -0.39 is 0 Å². The van der Waals surface area contributed by atoms with E-state index in [1.54, 1.807) is 7.11 Å². The lowest BCUT2D eigenvalue weighted by molar-refractivity contribution is 0.117. The highest BCUT2D eigenvalue weighted by atomic mass is 19.1. The molecular formula is C15H18FN3O. The third-order valence-electron chi connectivity index (χ3n) is 4.33. The molecule has 1 saturated carbocycles. The molecule has 2 aromatic rings. The predicted molar refractivity (Wildman–Crippen MR) is 74.1 cm³/mol. The maximum Gasteiger partial charge on any atom is 0.127 e. The molecule has 5 heteroatoms. The second kappa shape index (κ2) is 4.53. The lowest BCUT2D eigenvalue weighted by Gasteiger charge is -2.13. The fourth-order valence-electron chi connectivity index (χ4n) is 3.13. The number of fused-ring (bicyclic) bond motifs is 1. The van der Waals surface area contributed by atoms with Gasteiger partial charge >= 0.3 is 0 Å². The first kappa shape index (κ1) is 12.3. The zero-order valence-electron chi connectivity index (χ0n) is 11.5. The minimum atomic E-state index is -0.223. The van der Waals surface area contributed by atoms with Crippen molar-refractivity contribution >= 4 is 11.0 Å². The molecule has 20 heavy (non-hydrogen) atoms. The SMILES string of the molecule is COC1CNC(c2nc3cc(F)ccc3n2C2CC2)C1. The molecule has 0 radical (unpaired) electrons. The zero-order chi connectivity index (χ0) is 13.7. The van der Waals surface area contributed by atoms with Crippen molar-refractivity contribution in [3.05, 3.63) is 29.8 Å². The molecule has 1 aliphatic heterocycles. The highest BCUT2D eigenvalue weighted by Gasteiger charge is 2.34. The van der Waals surface area contributed by atoms with Gasteiger partial charge in [0, 0.05) is 25.8 Å². The van der Waals surface area contributed by atoms with Gasteiger partial charge in [0.25, 0.3) is 0 Å². The lowest BCUT2D eigenvalue weighted by atomic mass is 10.2. The molecule has 2 atom stereocenters.